The number of nitrogens with two attached hydrogens (primary N) is 1. The van der Waals surface area contributed by atoms with E-state index in [0.29, 0.717) is 67.4 Å². The third-order valence-electron chi connectivity index (χ3n) is 7.16. The van der Waals surface area contributed by atoms with Gasteiger partial charge < -0.3 is 24.9 Å². The smallest absolute Gasteiger partial charge is 0.341 e. The molecule has 13 nitrogen and oxygen atoms in total. The average molecular weight is 569 g/mol. The topological polar surface area (TPSA) is 149 Å². The number of piperazine rings is 1. The molecule has 41 heavy (non-hydrogen) atoms. The predicted molar refractivity (Wildman–Crippen MR) is 144 cm³/mol. The van der Waals surface area contributed by atoms with Gasteiger partial charge in [-0.25, -0.2) is 18.4 Å². The highest BCUT2D eigenvalue weighted by Crippen LogP contribution is 2.29. The summed E-state index contributed by atoms with van der Waals surface area (Å²) in [6.07, 6.45) is 1.55. The van der Waals surface area contributed by atoms with Crippen LogP contribution in [-0.4, -0.2) is 79.0 Å². The molecule has 0 bridgehead atoms. The van der Waals surface area contributed by atoms with E-state index in [2.05, 4.69) is 15.0 Å². The molecule has 0 aliphatic carbocycles. The lowest BCUT2D eigenvalue weighted by Crippen LogP contribution is -2.48. The summed E-state index contributed by atoms with van der Waals surface area (Å²) in [7, 11) is 1.67. The number of benzene rings is 1. The Bertz CT molecular complexity index is 1800. The van der Waals surface area contributed by atoms with Gasteiger partial charge in [0.05, 0.1) is 11.8 Å². The summed E-state index contributed by atoms with van der Waals surface area (Å²) in [5, 5.41) is 13.2. The number of anilines is 2. The summed E-state index contributed by atoms with van der Waals surface area (Å²) in [6.45, 7) is 1.85. The molecule has 4 aromatic heterocycles. The predicted octanol–water partition coefficient (Wildman–Crippen LogP) is 1.79. The average Bonchev–Trinajstić information content (AvgIpc) is 3.67. The minimum absolute atomic E-state index is 0.127. The van der Waals surface area contributed by atoms with Crippen LogP contribution in [0.4, 0.5) is 20.4 Å². The number of carboxylic acids is 1. The first-order valence-corrected chi connectivity index (χ1v) is 12.8. The molecule has 0 unspecified atom stereocenters. The van der Waals surface area contributed by atoms with Crippen molar-refractivity contribution in [3.63, 3.8) is 0 Å². The fourth-order valence-electron chi connectivity index (χ4n) is 5.18. The highest BCUT2D eigenvalue weighted by molar-refractivity contribution is 5.91. The highest BCUT2D eigenvalue weighted by Gasteiger charge is 2.25. The number of hydrogen-bond acceptors (Lipinski definition) is 9. The van der Waals surface area contributed by atoms with Crippen molar-refractivity contribution < 1.29 is 27.8 Å². The van der Waals surface area contributed by atoms with Gasteiger partial charge in [-0.1, -0.05) is 0 Å². The maximum atomic E-state index is 14.7. The van der Waals surface area contributed by atoms with Crippen LogP contribution in [0, 0.1) is 11.6 Å². The standard InChI is InChI=1S/C26H26F2N8O5/c1-32-23-19-13-18(20-3-2-10-40-20)31-36(19)25(29)30-24(23)35(26(32)39)9-6-33-4-7-34(8-5-33)22-16(27)11-15(12-17(22)28)41-14-21(37)38/h2-3,10-13H,4-9,14H2,1H3,(H2,29,30)(H,37,38). The molecule has 5 aromatic rings. The normalized spacial score (nSPS) is 14.4. The fraction of sp³-hybridized carbons (Fsp3) is 0.308. The van der Waals surface area contributed by atoms with Crippen LogP contribution in [0.2, 0.25) is 0 Å². The Labute approximate surface area is 230 Å². The van der Waals surface area contributed by atoms with Crippen LogP contribution < -0.4 is 21.1 Å². The van der Waals surface area contributed by atoms with Crippen molar-refractivity contribution in [2.45, 2.75) is 6.54 Å². The minimum atomic E-state index is -1.25. The highest BCUT2D eigenvalue weighted by atomic mass is 19.1. The lowest BCUT2D eigenvalue weighted by atomic mass is 10.2. The number of aryl methyl sites for hydroxylation is 1. The second-order valence-corrected chi connectivity index (χ2v) is 9.69. The van der Waals surface area contributed by atoms with Gasteiger partial charge in [0.2, 0.25) is 5.95 Å². The van der Waals surface area contributed by atoms with Gasteiger partial charge in [0.25, 0.3) is 0 Å². The zero-order valence-electron chi connectivity index (χ0n) is 22.0. The maximum absolute atomic E-state index is 14.7. The second-order valence-electron chi connectivity index (χ2n) is 9.69. The molecule has 0 spiro atoms. The third-order valence-corrected chi connectivity index (χ3v) is 7.16. The van der Waals surface area contributed by atoms with E-state index < -0.39 is 24.2 Å². The van der Waals surface area contributed by atoms with Crippen molar-refractivity contribution in [3.8, 4) is 17.2 Å². The number of halogens is 2. The van der Waals surface area contributed by atoms with E-state index in [4.69, 9.17) is 20.0 Å². The number of rotatable bonds is 8. The lowest BCUT2D eigenvalue weighted by molar-refractivity contribution is -0.139. The van der Waals surface area contributed by atoms with Crippen LogP contribution in [0.1, 0.15) is 0 Å². The number of aliphatic carboxylic acids is 1. The molecule has 1 aliphatic rings. The van der Waals surface area contributed by atoms with Gasteiger partial charge >= 0.3 is 11.7 Å². The summed E-state index contributed by atoms with van der Waals surface area (Å²) < 4.78 is 44.3. The lowest BCUT2D eigenvalue weighted by Gasteiger charge is -2.36. The quantitative estimate of drug-likeness (QED) is 0.284. The Balaban J connectivity index is 1.17. The van der Waals surface area contributed by atoms with Crippen LogP contribution in [-0.2, 0) is 18.4 Å². The van der Waals surface area contributed by atoms with Gasteiger partial charge in [-0.15, -0.1) is 0 Å². The SMILES string of the molecule is Cn1c(=O)n(CCN2CCN(c3c(F)cc(OCC(=O)O)cc3F)CC2)c2nc(N)n3nc(-c4ccco4)cc3c21. The number of carbonyl (C=O) groups is 1. The Morgan fingerprint density at radius 3 is 2.54 bits per heavy atom. The maximum Gasteiger partial charge on any atom is 0.341 e. The molecule has 1 saturated heterocycles. The van der Waals surface area contributed by atoms with Crippen molar-refractivity contribution in [2.24, 2.45) is 7.05 Å². The van der Waals surface area contributed by atoms with Crippen LogP contribution in [0.5, 0.6) is 5.75 Å². The molecule has 1 aliphatic heterocycles. The number of fused-ring (bicyclic) bond motifs is 3. The molecule has 3 N–H and O–H groups in total. The molecular formula is C26H26F2N8O5. The van der Waals surface area contributed by atoms with E-state index in [9.17, 15) is 18.4 Å². The second kappa shape index (κ2) is 10.2. The number of ether oxygens (including phenoxy) is 1. The van der Waals surface area contributed by atoms with Gasteiger partial charge in [0.1, 0.15) is 22.6 Å². The van der Waals surface area contributed by atoms with E-state index in [1.54, 1.807) is 41.0 Å². The van der Waals surface area contributed by atoms with Crippen LogP contribution in [0.15, 0.2) is 45.8 Å². The van der Waals surface area contributed by atoms with Crippen molar-refractivity contribution in [1.82, 2.24) is 28.6 Å². The molecule has 1 fully saturated rings. The molecule has 5 heterocycles. The fourth-order valence-corrected chi connectivity index (χ4v) is 5.18. The molecule has 6 rings (SSSR count). The minimum Gasteiger partial charge on any atom is -0.482 e. The number of imidazole rings is 1. The van der Waals surface area contributed by atoms with Gasteiger partial charge in [-0.05, 0) is 18.2 Å². The van der Waals surface area contributed by atoms with E-state index in [1.807, 2.05) is 0 Å². The number of aromatic nitrogens is 5. The van der Waals surface area contributed by atoms with Crippen molar-refractivity contribution >= 4 is 34.3 Å². The van der Waals surface area contributed by atoms with Gasteiger partial charge in [0.15, 0.2) is 29.6 Å². The molecular weight excluding hydrogens is 542 g/mol. The number of hydrogen-bond donors (Lipinski definition) is 2. The molecule has 15 heteroatoms. The molecule has 0 amide bonds. The van der Waals surface area contributed by atoms with Crippen LogP contribution in [0.3, 0.4) is 0 Å². The van der Waals surface area contributed by atoms with Crippen LogP contribution in [0.25, 0.3) is 28.1 Å². The zero-order chi connectivity index (χ0) is 28.8. The van der Waals surface area contributed by atoms with Crippen molar-refractivity contribution in [3.05, 3.63) is 58.7 Å². The number of carboxylic acid groups (broad SMARTS) is 1. The van der Waals surface area contributed by atoms with Gasteiger partial charge in [0, 0.05) is 58.4 Å². The molecule has 0 saturated carbocycles. The Kier molecular flexibility index (Phi) is 6.57. The van der Waals surface area contributed by atoms with Crippen molar-refractivity contribution in [1.29, 1.82) is 0 Å². The Morgan fingerprint density at radius 1 is 1.15 bits per heavy atom. The number of furan rings is 1. The monoisotopic (exact) mass is 568 g/mol. The summed E-state index contributed by atoms with van der Waals surface area (Å²) >= 11 is 0. The molecule has 0 radical (unpaired) electrons. The van der Waals surface area contributed by atoms with Gasteiger partial charge in [-0.3, -0.25) is 14.0 Å². The Morgan fingerprint density at radius 2 is 1.88 bits per heavy atom. The first-order chi connectivity index (χ1) is 19.7. The molecule has 0 atom stereocenters. The van der Waals surface area contributed by atoms with E-state index in [-0.39, 0.29) is 23.1 Å². The van der Waals surface area contributed by atoms with E-state index in [0.717, 1.165) is 12.1 Å². The number of nitrogen functional groups attached to an aromatic ring is 1. The first kappa shape index (κ1) is 26.3. The number of nitrogens with zero attached hydrogens (tertiary/aromatic N) is 7. The van der Waals surface area contributed by atoms with E-state index >= 15 is 0 Å². The van der Waals surface area contributed by atoms with E-state index in [1.165, 1.54) is 9.08 Å². The summed E-state index contributed by atoms with van der Waals surface area (Å²) in [5.74, 6) is -2.40. The Hall–Kier alpha value is -4.92. The van der Waals surface area contributed by atoms with Crippen molar-refractivity contribution in [2.75, 3.05) is 50.0 Å². The molecule has 1 aromatic carbocycles. The summed E-state index contributed by atoms with van der Waals surface area (Å²) in [5.41, 5.74) is 7.97. The summed E-state index contributed by atoms with van der Waals surface area (Å²) in [6, 6.07) is 7.29. The zero-order valence-corrected chi connectivity index (χ0v) is 22.0. The summed E-state index contributed by atoms with van der Waals surface area (Å²) in [4.78, 5) is 32.1. The first-order valence-electron chi connectivity index (χ1n) is 12.8. The van der Waals surface area contributed by atoms with Gasteiger partial charge in [-0.2, -0.15) is 14.6 Å². The van der Waals surface area contributed by atoms with Crippen LogP contribution >= 0.6 is 0 Å². The molecule has 214 valence electrons. The largest absolute Gasteiger partial charge is 0.482 e. The third kappa shape index (κ3) is 4.73.